The Balaban J connectivity index is 0.970. The first-order valence-corrected chi connectivity index (χ1v) is 18.0. The highest BCUT2D eigenvalue weighted by Gasteiger charge is 2.36. The Kier molecular flexibility index (Phi) is 8.64. The molecule has 0 aliphatic carbocycles. The third-order valence-corrected chi connectivity index (χ3v) is 11.0. The third kappa shape index (κ3) is 6.29. The first-order valence-electron chi connectivity index (χ1n) is 18.0. The van der Waals surface area contributed by atoms with Gasteiger partial charge in [0.2, 0.25) is 11.8 Å². The summed E-state index contributed by atoms with van der Waals surface area (Å²) in [6.07, 6.45) is 11.6. The number of rotatable bonds is 6. The van der Waals surface area contributed by atoms with E-state index in [1.807, 2.05) is 35.4 Å². The number of carbonyl (C=O) groups is 3. The second kappa shape index (κ2) is 13.4. The number of aryl methyl sites for hydroxylation is 2. The molecule has 8 rings (SSSR count). The fourth-order valence-corrected chi connectivity index (χ4v) is 8.18. The number of carboxylic acids is 1. The number of piperidine rings is 2. The molecular formula is C36H43N11O4. The number of carbonyl (C=O) groups excluding carboxylic acids is 2. The van der Waals surface area contributed by atoms with Crippen LogP contribution in [0.3, 0.4) is 0 Å². The highest BCUT2D eigenvalue weighted by molar-refractivity contribution is 5.85. The number of aromatic carboxylic acids is 1. The predicted molar refractivity (Wildman–Crippen MR) is 188 cm³/mol. The Labute approximate surface area is 295 Å². The number of amides is 2. The monoisotopic (exact) mass is 693 g/mol. The van der Waals surface area contributed by atoms with Crippen molar-refractivity contribution >= 4 is 35.1 Å². The summed E-state index contributed by atoms with van der Waals surface area (Å²) in [6.45, 7) is 6.39. The van der Waals surface area contributed by atoms with Crippen LogP contribution in [-0.2, 0) is 36.0 Å². The molecule has 4 aromatic heterocycles. The van der Waals surface area contributed by atoms with Gasteiger partial charge in [-0.1, -0.05) is 0 Å². The molecule has 51 heavy (non-hydrogen) atoms. The first kappa shape index (κ1) is 32.8. The van der Waals surface area contributed by atoms with Gasteiger partial charge in [0, 0.05) is 88.6 Å². The average Bonchev–Trinajstić information content (AvgIpc) is 3.77. The molecule has 2 saturated heterocycles. The van der Waals surface area contributed by atoms with Gasteiger partial charge in [-0.3, -0.25) is 23.9 Å². The molecule has 0 bridgehead atoms. The number of anilines is 3. The zero-order valence-corrected chi connectivity index (χ0v) is 29.1. The number of aromatic nitrogens is 7. The van der Waals surface area contributed by atoms with E-state index in [-0.39, 0.29) is 29.5 Å². The van der Waals surface area contributed by atoms with E-state index < -0.39 is 5.97 Å². The van der Waals surface area contributed by atoms with Crippen LogP contribution < -0.4 is 9.80 Å². The Morgan fingerprint density at radius 2 is 1.71 bits per heavy atom. The van der Waals surface area contributed by atoms with Crippen molar-refractivity contribution in [1.29, 1.82) is 0 Å². The van der Waals surface area contributed by atoms with Gasteiger partial charge in [0.15, 0.2) is 17.3 Å². The molecule has 0 atom stereocenters. The smallest absolute Gasteiger partial charge is 0.356 e. The van der Waals surface area contributed by atoms with Crippen molar-refractivity contribution in [2.24, 2.45) is 13.0 Å². The Hall–Kier alpha value is -5.34. The van der Waals surface area contributed by atoms with E-state index in [0.717, 1.165) is 79.8 Å². The van der Waals surface area contributed by atoms with Crippen LogP contribution in [0.1, 0.15) is 72.4 Å². The predicted octanol–water partition coefficient (Wildman–Crippen LogP) is 3.24. The summed E-state index contributed by atoms with van der Waals surface area (Å²) in [4.78, 5) is 50.5. The largest absolute Gasteiger partial charge is 0.476 e. The minimum atomic E-state index is -1.10. The second-order valence-corrected chi connectivity index (χ2v) is 14.1. The summed E-state index contributed by atoms with van der Waals surface area (Å²) >= 11 is 0. The van der Waals surface area contributed by atoms with E-state index in [4.69, 9.17) is 15.2 Å². The van der Waals surface area contributed by atoms with Crippen molar-refractivity contribution in [3.63, 3.8) is 0 Å². The van der Waals surface area contributed by atoms with E-state index in [1.54, 1.807) is 17.7 Å². The van der Waals surface area contributed by atoms with E-state index >= 15 is 0 Å². The lowest BCUT2D eigenvalue weighted by molar-refractivity contribution is -0.137. The molecule has 8 heterocycles. The van der Waals surface area contributed by atoms with Crippen LogP contribution in [0.2, 0.25) is 0 Å². The number of hydrogen-bond acceptors (Lipinski definition) is 10. The van der Waals surface area contributed by atoms with Crippen LogP contribution in [0.5, 0.6) is 0 Å². The maximum Gasteiger partial charge on any atom is 0.356 e. The van der Waals surface area contributed by atoms with Gasteiger partial charge in [-0.25, -0.2) is 4.79 Å². The summed E-state index contributed by atoms with van der Waals surface area (Å²) in [5.41, 5.74) is 6.44. The van der Waals surface area contributed by atoms with Gasteiger partial charge in [0.05, 0.1) is 36.4 Å². The van der Waals surface area contributed by atoms with Gasteiger partial charge in [0.25, 0.3) is 0 Å². The quantitative estimate of drug-likeness (QED) is 0.316. The lowest BCUT2D eigenvalue weighted by Crippen LogP contribution is -2.46. The fourth-order valence-electron chi connectivity index (χ4n) is 8.18. The average molecular weight is 694 g/mol. The molecule has 0 unspecified atom stereocenters. The lowest BCUT2D eigenvalue weighted by atomic mass is 9.93. The van der Waals surface area contributed by atoms with Crippen molar-refractivity contribution in [2.45, 2.75) is 64.5 Å². The number of hydrogen-bond donors (Lipinski definition) is 1. The maximum absolute atomic E-state index is 13.7. The van der Waals surface area contributed by atoms with Crippen LogP contribution in [0.15, 0.2) is 36.8 Å². The van der Waals surface area contributed by atoms with Crippen LogP contribution in [0, 0.1) is 5.92 Å². The summed E-state index contributed by atoms with van der Waals surface area (Å²) in [5, 5.41) is 26.7. The zero-order chi connectivity index (χ0) is 35.2. The number of pyridine rings is 1. The molecule has 0 spiro atoms. The molecular weight excluding hydrogens is 650 g/mol. The summed E-state index contributed by atoms with van der Waals surface area (Å²) in [5.74, 6) is 0.694. The van der Waals surface area contributed by atoms with Gasteiger partial charge >= 0.3 is 5.97 Å². The molecule has 4 aliphatic rings. The minimum absolute atomic E-state index is 0.0443. The molecule has 266 valence electrons. The van der Waals surface area contributed by atoms with Crippen LogP contribution in [0.25, 0.3) is 11.3 Å². The number of nitrogens with zero attached hydrogens (tertiary/aromatic N) is 11. The molecule has 2 amide bonds. The Morgan fingerprint density at radius 3 is 2.39 bits per heavy atom. The highest BCUT2D eigenvalue weighted by atomic mass is 16.4. The Bertz CT molecular complexity index is 1960. The molecule has 0 radical (unpaired) electrons. The molecule has 1 N–H and O–H groups in total. The van der Waals surface area contributed by atoms with E-state index in [0.29, 0.717) is 45.1 Å². The van der Waals surface area contributed by atoms with E-state index in [1.165, 1.54) is 17.3 Å². The van der Waals surface area contributed by atoms with Gasteiger partial charge in [-0.2, -0.15) is 10.2 Å². The normalized spacial score (nSPS) is 18.5. The SMILES string of the molecule is CC(=O)N1CCc2c(c(N3CCCc4cc(-c5cnn(C)c5)ncc43)nn2C2CCN(C(=O)C3CCN(c4ccc(C(=O)O)nn4)CC3)CC2)C1. The van der Waals surface area contributed by atoms with Crippen molar-refractivity contribution in [1.82, 2.24) is 44.5 Å². The minimum Gasteiger partial charge on any atom is -0.476 e. The second-order valence-electron chi connectivity index (χ2n) is 14.1. The van der Waals surface area contributed by atoms with Gasteiger partial charge in [0.1, 0.15) is 0 Å². The summed E-state index contributed by atoms with van der Waals surface area (Å²) in [7, 11) is 1.91. The van der Waals surface area contributed by atoms with Crippen molar-refractivity contribution < 1.29 is 19.5 Å². The Morgan fingerprint density at radius 1 is 0.902 bits per heavy atom. The van der Waals surface area contributed by atoms with Crippen molar-refractivity contribution in [3.05, 3.63) is 59.3 Å². The molecule has 15 nitrogen and oxygen atoms in total. The topological polar surface area (TPSA) is 159 Å². The van der Waals surface area contributed by atoms with Crippen LogP contribution in [0.4, 0.5) is 17.3 Å². The summed E-state index contributed by atoms with van der Waals surface area (Å²) < 4.78 is 4.01. The molecule has 15 heteroatoms. The lowest BCUT2D eigenvalue weighted by Gasteiger charge is -2.38. The molecule has 0 saturated carbocycles. The molecule has 4 aromatic rings. The maximum atomic E-state index is 13.7. The number of fused-ring (bicyclic) bond motifs is 2. The van der Waals surface area contributed by atoms with Gasteiger partial charge in [-0.05, 0) is 62.3 Å². The molecule has 0 aromatic carbocycles. The number of carboxylic acid groups (broad SMARTS) is 1. The molecule has 4 aliphatic heterocycles. The van der Waals surface area contributed by atoms with Crippen molar-refractivity contribution in [3.8, 4) is 11.3 Å². The van der Waals surface area contributed by atoms with Crippen LogP contribution in [-0.4, -0.2) is 107 Å². The van der Waals surface area contributed by atoms with Gasteiger partial charge < -0.3 is 24.7 Å². The number of likely N-dealkylation sites (tertiary alicyclic amines) is 1. The molecule has 2 fully saturated rings. The van der Waals surface area contributed by atoms with E-state index in [2.05, 4.69) is 35.8 Å². The van der Waals surface area contributed by atoms with Gasteiger partial charge in [-0.15, -0.1) is 10.2 Å². The highest BCUT2D eigenvalue weighted by Crippen LogP contribution is 2.40. The van der Waals surface area contributed by atoms with E-state index in [9.17, 15) is 14.4 Å². The fraction of sp³-hybridized carbons (Fsp3) is 0.500. The van der Waals surface area contributed by atoms with Crippen molar-refractivity contribution in [2.75, 3.05) is 49.1 Å². The standard InChI is InChI=1S/C36H43N11O4/c1-23(48)45-17-11-31-28(22-45)34(46-12-3-4-25-18-30(37-20-32(25)46)26-19-38-42(2)21-26)41-47(31)27-9-15-44(16-10-27)35(49)24-7-13-43(14-8-24)33-6-5-29(36(50)51)39-40-33/h5-6,18-21,24,27H,3-4,7-17,22H2,1-2H3,(H,50,51). The first-order chi connectivity index (χ1) is 24.7. The van der Waals surface area contributed by atoms with Crippen LogP contribution >= 0.6 is 0 Å². The summed E-state index contributed by atoms with van der Waals surface area (Å²) in [6, 6.07) is 5.49. The zero-order valence-electron chi connectivity index (χ0n) is 29.1. The third-order valence-electron chi connectivity index (χ3n) is 11.0.